The normalized spacial score (nSPS) is 18.1. The topological polar surface area (TPSA) is 163 Å². The molecule has 0 aromatic carbocycles. The van der Waals surface area contributed by atoms with Gasteiger partial charge in [-0.3, -0.25) is 24.1 Å². The molecule has 0 aromatic rings. The van der Waals surface area contributed by atoms with Crippen LogP contribution in [0.1, 0.15) is 73.6 Å². The average Bonchev–Trinajstić information content (AvgIpc) is 2.82. The molecule has 5 N–H and O–H groups in total. The largest absolute Gasteiger partial charge is 0.379 e. The molecule has 2 atom stereocenters. The first-order chi connectivity index (χ1) is 18.6. The van der Waals surface area contributed by atoms with Crippen molar-refractivity contribution in [3.05, 3.63) is 0 Å². The predicted octanol–water partition coefficient (Wildman–Crippen LogP) is 0.779. The number of nitrogens with zero attached hydrogens (tertiary/aromatic N) is 2. The lowest BCUT2D eigenvalue weighted by atomic mass is 9.80. The number of nitrogens with one attached hydrogen (secondary N) is 3. The molecule has 0 bridgehead atoms. The summed E-state index contributed by atoms with van der Waals surface area (Å²) in [5, 5.41) is 8.36. The Labute approximate surface area is 238 Å². The van der Waals surface area contributed by atoms with Crippen LogP contribution in [0.4, 0.5) is 4.79 Å². The van der Waals surface area contributed by atoms with Gasteiger partial charge in [0.2, 0.25) is 17.6 Å². The van der Waals surface area contributed by atoms with Gasteiger partial charge in [-0.1, -0.05) is 40.0 Å². The van der Waals surface area contributed by atoms with Gasteiger partial charge in [-0.25, -0.2) is 4.79 Å². The van der Waals surface area contributed by atoms with Gasteiger partial charge in [-0.15, -0.1) is 0 Å². The second-order valence-electron chi connectivity index (χ2n) is 13.1. The highest BCUT2D eigenvalue weighted by atomic mass is 16.5. The van der Waals surface area contributed by atoms with Crippen LogP contribution in [0.3, 0.4) is 0 Å². The van der Waals surface area contributed by atoms with Crippen molar-refractivity contribution in [1.29, 1.82) is 0 Å². The molecular formula is C28H50N6O6. The Bertz CT molecular complexity index is 902. The molecule has 40 heavy (non-hydrogen) atoms. The number of ether oxygens (including phenoxy) is 1. The number of morpholine rings is 1. The van der Waals surface area contributed by atoms with E-state index < -0.39 is 46.7 Å². The van der Waals surface area contributed by atoms with E-state index in [9.17, 15) is 24.0 Å². The van der Waals surface area contributed by atoms with E-state index in [4.69, 9.17) is 10.5 Å². The van der Waals surface area contributed by atoms with Crippen molar-refractivity contribution in [2.75, 3.05) is 45.9 Å². The van der Waals surface area contributed by atoms with Gasteiger partial charge in [0.05, 0.1) is 19.3 Å². The third kappa shape index (κ3) is 11.4. The second-order valence-corrected chi connectivity index (χ2v) is 13.1. The molecule has 1 saturated heterocycles. The molecule has 0 spiro atoms. The summed E-state index contributed by atoms with van der Waals surface area (Å²) in [6.45, 7) is 15.0. The number of hydrogen-bond donors (Lipinski definition) is 4. The highest BCUT2D eigenvalue weighted by Crippen LogP contribution is 2.30. The third-order valence-electron chi connectivity index (χ3n) is 7.28. The smallest absolute Gasteiger partial charge is 0.315 e. The molecule has 2 fully saturated rings. The highest BCUT2D eigenvalue weighted by molar-refractivity contribution is 6.37. The second kappa shape index (κ2) is 14.8. The van der Waals surface area contributed by atoms with Crippen molar-refractivity contribution in [2.45, 2.75) is 91.3 Å². The Morgan fingerprint density at radius 2 is 1.60 bits per heavy atom. The Hall–Kier alpha value is -2.73. The molecule has 1 aliphatic heterocycles. The summed E-state index contributed by atoms with van der Waals surface area (Å²) in [6.07, 6.45) is 3.28. The molecular weight excluding hydrogens is 516 g/mol. The van der Waals surface area contributed by atoms with Crippen LogP contribution < -0.4 is 21.7 Å². The van der Waals surface area contributed by atoms with Crippen molar-refractivity contribution in [1.82, 2.24) is 25.8 Å². The van der Waals surface area contributed by atoms with Crippen LogP contribution in [0.15, 0.2) is 0 Å². The minimum absolute atomic E-state index is 0.0624. The van der Waals surface area contributed by atoms with Crippen LogP contribution in [0.5, 0.6) is 0 Å². The zero-order valence-corrected chi connectivity index (χ0v) is 25.1. The Morgan fingerprint density at radius 3 is 2.10 bits per heavy atom. The third-order valence-corrected chi connectivity index (χ3v) is 7.28. The molecule has 228 valence electrons. The standard InChI is InChI=1S/C28H50N6O6/c1-27(2,3)23(31-26(39)32-28(4,5)6)25(38)34(13-12-33-14-16-40-17-15-33)11-10-21(35)30-20(22(36)24(29)37)18-19-8-7-9-19/h19-20,23H,7-18H2,1-6H3,(H2,29,37)(H,30,35)(H2,31,32,39)/t20?,23-/m1/s1. The van der Waals surface area contributed by atoms with Crippen LogP contribution in [-0.2, 0) is 23.9 Å². The lowest BCUT2D eigenvalue weighted by molar-refractivity contribution is -0.139. The average molecular weight is 567 g/mol. The van der Waals surface area contributed by atoms with Crippen LogP contribution in [-0.4, -0.2) is 103 Å². The Kier molecular flexibility index (Phi) is 12.4. The summed E-state index contributed by atoms with van der Waals surface area (Å²) >= 11 is 0. The molecule has 1 aliphatic carbocycles. The van der Waals surface area contributed by atoms with Gasteiger partial charge in [-0.05, 0) is 38.5 Å². The van der Waals surface area contributed by atoms with E-state index in [1.165, 1.54) is 0 Å². The predicted molar refractivity (Wildman–Crippen MR) is 151 cm³/mol. The summed E-state index contributed by atoms with van der Waals surface area (Å²) in [5.41, 5.74) is 4.14. The van der Waals surface area contributed by atoms with E-state index in [1.54, 1.807) is 4.90 Å². The van der Waals surface area contributed by atoms with Gasteiger partial charge in [0.1, 0.15) is 6.04 Å². The number of Topliss-reactive ketones (excluding diaryl/α,β-unsaturated/α-hetero) is 1. The molecule has 5 amide bonds. The van der Waals surface area contributed by atoms with Gasteiger partial charge in [0.25, 0.3) is 5.91 Å². The number of hydrogen-bond acceptors (Lipinski definition) is 7. The molecule has 0 radical (unpaired) electrons. The van der Waals surface area contributed by atoms with E-state index in [1.807, 2.05) is 41.5 Å². The molecule has 12 heteroatoms. The van der Waals surface area contributed by atoms with Gasteiger partial charge in [0, 0.05) is 44.7 Å². The van der Waals surface area contributed by atoms with Crippen LogP contribution in [0, 0.1) is 11.3 Å². The van der Waals surface area contributed by atoms with E-state index in [-0.39, 0.29) is 24.8 Å². The SMILES string of the molecule is CC(C)(C)NC(=O)N[C@H](C(=O)N(CCC(=O)NC(CC1CCC1)C(=O)C(N)=O)CCN1CCOCC1)C(C)(C)C. The number of nitrogens with two attached hydrogens (primary N) is 1. The number of carbonyl (C=O) groups is 5. The van der Waals surface area contributed by atoms with Crippen molar-refractivity contribution in [3.8, 4) is 0 Å². The molecule has 12 nitrogen and oxygen atoms in total. The van der Waals surface area contributed by atoms with Crippen LogP contribution in [0.25, 0.3) is 0 Å². The zero-order chi connectivity index (χ0) is 30.1. The van der Waals surface area contributed by atoms with Gasteiger partial charge < -0.3 is 31.3 Å². The lowest BCUT2D eigenvalue weighted by Crippen LogP contribution is -2.59. The van der Waals surface area contributed by atoms with Gasteiger partial charge in [-0.2, -0.15) is 0 Å². The highest BCUT2D eigenvalue weighted by Gasteiger charge is 2.37. The van der Waals surface area contributed by atoms with E-state index >= 15 is 0 Å². The Morgan fingerprint density at radius 1 is 0.975 bits per heavy atom. The first-order valence-corrected chi connectivity index (χ1v) is 14.4. The lowest BCUT2D eigenvalue weighted by Gasteiger charge is -2.37. The maximum absolute atomic E-state index is 13.9. The van der Waals surface area contributed by atoms with E-state index in [2.05, 4.69) is 20.9 Å². The van der Waals surface area contributed by atoms with Crippen molar-refractivity contribution in [3.63, 3.8) is 0 Å². The van der Waals surface area contributed by atoms with E-state index in [0.717, 1.165) is 32.4 Å². The summed E-state index contributed by atoms with van der Waals surface area (Å²) in [5.74, 6) is -2.33. The molecule has 1 unspecified atom stereocenters. The molecule has 0 aromatic heterocycles. The summed E-state index contributed by atoms with van der Waals surface area (Å²) in [7, 11) is 0. The zero-order valence-electron chi connectivity index (χ0n) is 25.1. The summed E-state index contributed by atoms with van der Waals surface area (Å²) < 4.78 is 5.42. The fraction of sp³-hybridized carbons (Fsp3) is 0.821. The van der Waals surface area contributed by atoms with Crippen LogP contribution in [0.2, 0.25) is 0 Å². The van der Waals surface area contributed by atoms with Crippen molar-refractivity contribution in [2.24, 2.45) is 17.1 Å². The quantitative estimate of drug-likeness (QED) is 0.239. The molecule has 1 saturated carbocycles. The fourth-order valence-corrected chi connectivity index (χ4v) is 4.73. The van der Waals surface area contributed by atoms with E-state index in [0.29, 0.717) is 32.7 Å². The number of ketones is 1. The van der Waals surface area contributed by atoms with Crippen molar-refractivity contribution >= 4 is 29.5 Å². The number of urea groups is 1. The first-order valence-electron chi connectivity index (χ1n) is 14.4. The minimum atomic E-state index is -1.07. The Balaban J connectivity index is 2.14. The molecule has 1 heterocycles. The number of rotatable bonds is 13. The first kappa shape index (κ1) is 33.5. The minimum Gasteiger partial charge on any atom is -0.379 e. The number of primary amides is 1. The number of carbonyl (C=O) groups excluding carboxylic acids is 5. The maximum atomic E-state index is 13.9. The molecule has 2 aliphatic rings. The van der Waals surface area contributed by atoms with Crippen LogP contribution >= 0.6 is 0 Å². The number of amides is 5. The molecule has 2 rings (SSSR count). The summed E-state index contributed by atoms with van der Waals surface area (Å²) in [6, 6.07) is -2.25. The van der Waals surface area contributed by atoms with Crippen molar-refractivity contribution < 1.29 is 28.7 Å². The monoisotopic (exact) mass is 566 g/mol. The fourth-order valence-electron chi connectivity index (χ4n) is 4.73. The van der Waals surface area contributed by atoms with Gasteiger partial charge in [0.15, 0.2) is 0 Å². The summed E-state index contributed by atoms with van der Waals surface area (Å²) in [4.78, 5) is 67.3. The van der Waals surface area contributed by atoms with Gasteiger partial charge >= 0.3 is 6.03 Å². The maximum Gasteiger partial charge on any atom is 0.315 e.